The molecular weight excluding hydrogens is 216 g/mol. The monoisotopic (exact) mass is 226 g/mol. The molecule has 5 nitrogen and oxygen atoms in total. The zero-order valence-electron chi connectivity index (χ0n) is 9.00. The van der Waals surface area contributed by atoms with Crippen LogP contribution < -0.4 is 5.69 Å². The molecule has 0 radical (unpaired) electrons. The fraction of sp³-hybridized carbons (Fsp3) is 0.0833. The number of aromatic amines is 1. The van der Waals surface area contributed by atoms with E-state index in [0.717, 1.165) is 5.56 Å². The van der Waals surface area contributed by atoms with Crippen LogP contribution in [0.3, 0.4) is 0 Å². The fourth-order valence-electron chi connectivity index (χ4n) is 1.82. The fourth-order valence-corrected chi connectivity index (χ4v) is 1.82. The van der Waals surface area contributed by atoms with E-state index >= 15 is 0 Å². The molecule has 0 aliphatic rings. The molecule has 5 heteroatoms. The Balaban J connectivity index is 2.12. The summed E-state index contributed by atoms with van der Waals surface area (Å²) in [6, 6.07) is 9.80. The highest BCUT2D eigenvalue weighted by Gasteiger charge is 2.07. The quantitative estimate of drug-likeness (QED) is 0.713. The highest BCUT2D eigenvalue weighted by molar-refractivity contribution is 5.68. The third kappa shape index (κ3) is 1.71. The molecule has 0 atom stereocenters. The van der Waals surface area contributed by atoms with Gasteiger partial charge in [-0.1, -0.05) is 30.3 Å². The molecule has 1 aromatic carbocycles. The van der Waals surface area contributed by atoms with E-state index in [0.29, 0.717) is 17.7 Å². The molecule has 0 bridgehead atoms. The third-order valence-electron chi connectivity index (χ3n) is 2.62. The van der Waals surface area contributed by atoms with Gasteiger partial charge in [-0.25, -0.2) is 14.8 Å². The summed E-state index contributed by atoms with van der Waals surface area (Å²) >= 11 is 0. The predicted octanol–water partition coefficient (Wildman–Crippen LogP) is 1.17. The van der Waals surface area contributed by atoms with Crippen molar-refractivity contribution >= 4 is 11.2 Å². The van der Waals surface area contributed by atoms with Crippen LogP contribution in [-0.2, 0) is 6.54 Å². The standard InChI is InChI=1S/C12H10N4O/c17-12-15-10-6-13-8-14-11(10)16(12)7-9-4-2-1-3-5-9/h1-6,8H,7H2,(H,15,17). The van der Waals surface area contributed by atoms with Crippen LogP contribution in [0.2, 0.25) is 0 Å². The number of fused-ring (bicyclic) bond motifs is 1. The number of nitrogens with one attached hydrogen (secondary N) is 1. The van der Waals surface area contributed by atoms with E-state index in [1.807, 2.05) is 30.3 Å². The summed E-state index contributed by atoms with van der Waals surface area (Å²) in [6.45, 7) is 0.511. The molecule has 2 heterocycles. The van der Waals surface area contributed by atoms with Crippen molar-refractivity contribution < 1.29 is 0 Å². The summed E-state index contributed by atoms with van der Waals surface area (Å²) in [4.78, 5) is 22.5. The van der Waals surface area contributed by atoms with E-state index in [1.165, 1.54) is 6.33 Å². The summed E-state index contributed by atoms with van der Waals surface area (Å²) in [7, 11) is 0. The molecule has 84 valence electrons. The first-order valence-electron chi connectivity index (χ1n) is 5.27. The Hall–Kier alpha value is -2.43. The van der Waals surface area contributed by atoms with Gasteiger partial charge in [0.2, 0.25) is 0 Å². The van der Waals surface area contributed by atoms with Gasteiger partial charge in [-0.2, -0.15) is 0 Å². The molecule has 0 spiro atoms. The Morgan fingerprint density at radius 2 is 2.06 bits per heavy atom. The number of nitrogens with zero attached hydrogens (tertiary/aromatic N) is 3. The first-order valence-corrected chi connectivity index (χ1v) is 5.27. The summed E-state index contributed by atoms with van der Waals surface area (Å²) < 4.78 is 1.60. The molecule has 3 aromatic rings. The Kier molecular flexibility index (Phi) is 2.22. The highest BCUT2D eigenvalue weighted by Crippen LogP contribution is 2.07. The number of aromatic nitrogens is 4. The van der Waals surface area contributed by atoms with Crippen molar-refractivity contribution in [3.8, 4) is 0 Å². The molecular formula is C12H10N4O. The molecule has 0 fully saturated rings. The van der Waals surface area contributed by atoms with Gasteiger partial charge in [0, 0.05) is 0 Å². The van der Waals surface area contributed by atoms with Crippen molar-refractivity contribution in [2.45, 2.75) is 6.54 Å². The van der Waals surface area contributed by atoms with Gasteiger partial charge in [0.15, 0.2) is 5.65 Å². The second-order valence-corrected chi connectivity index (χ2v) is 3.76. The van der Waals surface area contributed by atoms with Crippen LogP contribution in [0.4, 0.5) is 0 Å². The van der Waals surface area contributed by atoms with Crippen molar-refractivity contribution in [3.63, 3.8) is 0 Å². The average Bonchev–Trinajstić information content (AvgIpc) is 2.68. The highest BCUT2D eigenvalue weighted by atomic mass is 16.1. The van der Waals surface area contributed by atoms with Gasteiger partial charge in [0.1, 0.15) is 11.8 Å². The summed E-state index contributed by atoms with van der Waals surface area (Å²) in [6.07, 6.45) is 3.04. The molecule has 0 aliphatic heterocycles. The Labute approximate surface area is 96.8 Å². The van der Waals surface area contributed by atoms with E-state index in [-0.39, 0.29) is 5.69 Å². The maximum absolute atomic E-state index is 11.8. The zero-order chi connectivity index (χ0) is 11.7. The van der Waals surface area contributed by atoms with E-state index < -0.39 is 0 Å². The Morgan fingerprint density at radius 1 is 1.24 bits per heavy atom. The van der Waals surface area contributed by atoms with Gasteiger partial charge in [-0.3, -0.25) is 4.57 Å². The summed E-state index contributed by atoms with van der Waals surface area (Å²) in [5.74, 6) is 0. The third-order valence-corrected chi connectivity index (χ3v) is 2.62. The largest absolute Gasteiger partial charge is 0.328 e. The first-order chi connectivity index (χ1) is 8.34. The number of hydrogen-bond acceptors (Lipinski definition) is 3. The van der Waals surface area contributed by atoms with Crippen LogP contribution in [0, 0.1) is 0 Å². The molecule has 17 heavy (non-hydrogen) atoms. The lowest BCUT2D eigenvalue weighted by Gasteiger charge is -2.01. The maximum atomic E-state index is 11.8. The lowest BCUT2D eigenvalue weighted by Crippen LogP contribution is -2.17. The number of benzene rings is 1. The topological polar surface area (TPSA) is 63.6 Å². The van der Waals surface area contributed by atoms with E-state index in [1.54, 1.807) is 10.8 Å². The van der Waals surface area contributed by atoms with Gasteiger partial charge in [0.05, 0.1) is 12.7 Å². The van der Waals surface area contributed by atoms with Gasteiger partial charge < -0.3 is 4.98 Å². The molecule has 1 N–H and O–H groups in total. The van der Waals surface area contributed by atoms with Crippen LogP contribution in [-0.4, -0.2) is 19.5 Å². The van der Waals surface area contributed by atoms with E-state index in [4.69, 9.17) is 0 Å². The SMILES string of the molecule is O=c1[nH]c2cncnc2n1Cc1ccccc1. The van der Waals surface area contributed by atoms with Crippen molar-refractivity contribution in [2.24, 2.45) is 0 Å². The summed E-state index contributed by atoms with van der Waals surface area (Å²) in [5, 5.41) is 0. The van der Waals surface area contributed by atoms with Crippen molar-refractivity contribution in [2.75, 3.05) is 0 Å². The maximum Gasteiger partial charge on any atom is 0.328 e. The minimum atomic E-state index is -0.163. The second-order valence-electron chi connectivity index (χ2n) is 3.76. The van der Waals surface area contributed by atoms with Gasteiger partial charge in [-0.15, -0.1) is 0 Å². The van der Waals surface area contributed by atoms with Crippen LogP contribution in [0.5, 0.6) is 0 Å². The minimum absolute atomic E-state index is 0.163. The van der Waals surface area contributed by atoms with Crippen molar-refractivity contribution in [1.82, 2.24) is 19.5 Å². The lowest BCUT2D eigenvalue weighted by atomic mass is 10.2. The van der Waals surface area contributed by atoms with Gasteiger partial charge in [0.25, 0.3) is 0 Å². The lowest BCUT2D eigenvalue weighted by molar-refractivity contribution is 0.777. The minimum Gasteiger partial charge on any atom is -0.303 e. The molecule has 2 aromatic heterocycles. The van der Waals surface area contributed by atoms with E-state index in [2.05, 4.69) is 15.0 Å². The van der Waals surface area contributed by atoms with Crippen molar-refractivity contribution in [1.29, 1.82) is 0 Å². The second kappa shape index (κ2) is 3.86. The molecule has 0 aliphatic carbocycles. The zero-order valence-corrected chi connectivity index (χ0v) is 9.00. The Bertz CT molecular complexity index is 699. The smallest absolute Gasteiger partial charge is 0.303 e. The van der Waals surface area contributed by atoms with Crippen LogP contribution in [0.1, 0.15) is 5.56 Å². The first kappa shape index (κ1) is 9.77. The molecule has 0 saturated heterocycles. The molecule has 3 rings (SSSR count). The number of imidazole rings is 1. The number of hydrogen-bond donors (Lipinski definition) is 1. The predicted molar refractivity (Wildman–Crippen MR) is 63.7 cm³/mol. The molecule has 0 saturated carbocycles. The van der Waals surface area contributed by atoms with Crippen LogP contribution >= 0.6 is 0 Å². The average molecular weight is 226 g/mol. The van der Waals surface area contributed by atoms with Crippen LogP contribution in [0.25, 0.3) is 11.2 Å². The van der Waals surface area contributed by atoms with E-state index in [9.17, 15) is 4.79 Å². The number of H-pyrrole nitrogens is 1. The van der Waals surface area contributed by atoms with Gasteiger partial charge >= 0.3 is 5.69 Å². The van der Waals surface area contributed by atoms with Crippen LogP contribution in [0.15, 0.2) is 47.7 Å². The molecule has 0 unspecified atom stereocenters. The van der Waals surface area contributed by atoms with Crippen molar-refractivity contribution in [3.05, 3.63) is 58.9 Å². The van der Waals surface area contributed by atoms with Gasteiger partial charge in [-0.05, 0) is 5.56 Å². The normalized spacial score (nSPS) is 10.8. The molecule has 0 amide bonds. The Morgan fingerprint density at radius 3 is 2.88 bits per heavy atom. The number of rotatable bonds is 2. The summed E-state index contributed by atoms with van der Waals surface area (Å²) in [5.41, 5.74) is 2.20.